The molecule has 0 radical (unpaired) electrons. The van der Waals surface area contributed by atoms with E-state index in [0.29, 0.717) is 31.1 Å². The van der Waals surface area contributed by atoms with Crippen molar-refractivity contribution in [1.29, 1.82) is 0 Å². The van der Waals surface area contributed by atoms with E-state index in [9.17, 15) is 43.5 Å². The fraction of sp³-hybridized carbons (Fsp3) is 0.750. The number of aromatic nitrogens is 4. The average Bonchev–Trinajstić information content (AvgIpc) is 3.91. The Morgan fingerprint density at radius 1 is 1.02 bits per heavy atom. The van der Waals surface area contributed by atoms with E-state index in [1.165, 1.54) is 30.5 Å². The van der Waals surface area contributed by atoms with Gasteiger partial charge in [0.25, 0.3) is 0 Å². The Hall–Kier alpha value is -2.95. The van der Waals surface area contributed by atoms with E-state index in [0.717, 1.165) is 31.3 Å². The summed E-state index contributed by atoms with van der Waals surface area (Å²) in [5.41, 5.74) is 6.14. The molecule has 9 N–H and O–H groups in total. The fourth-order valence-electron chi connectivity index (χ4n) is 6.50. The Kier molecular flexibility index (Phi) is 17.9. The number of phosphoric ester groups is 2. The van der Waals surface area contributed by atoms with Crippen LogP contribution in [0.25, 0.3) is 11.2 Å². The van der Waals surface area contributed by atoms with E-state index in [1.54, 1.807) is 0 Å². The molecule has 0 aliphatic carbocycles. The van der Waals surface area contributed by atoms with Crippen LogP contribution in [-0.4, -0.2) is 137 Å². The molecule has 25 heteroatoms. The molecular formula is C32H55N9O13P2S. The molecule has 3 aliphatic rings. The van der Waals surface area contributed by atoms with Gasteiger partial charge in [-0.25, -0.2) is 28.9 Å². The number of nitrogens with two attached hydrogens (primary N) is 1. The molecule has 3 amide bonds. The number of hydrogen-bond acceptors (Lipinski definition) is 17. The molecule has 5 rings (SSSR count). The molecule has 0 bridgehead atoms. The molecule has 0 spiro atoms. The van der Waals surface area contributed by atoms with Crippen molar-refractivity contribution in [3.05, 3.63) is 12.7 Å². The maximum atomic E-state index is 12.3. The zero-order valence-corrected chi connectivity index (χ0v) is 34.8. The van der Waals surface area contributed by atoms with Crippen LogP contribution in [-0.2, 0) is 36.8 Å². The van der Waals surface area contributed by atoms with Crippen LogP contribution in [0, 0.1) is 0 Å². The Morgan fingerprint density at radius 3 is 2.44 bits per heavy atom. The molecular weight excluding hydrogens is 812 g/mol. The number of anilines is 1. The highest BCUT2D eigenvalue weighted by atomic mass is 32.2. The second kappa shape index (κ2) is 21.9. The standard InChI is InChI=1S/C26H40N8O13P2S.C6H15N/c27-23-20-24(30-12-29-23)34(13-31-20)25-22(38)21(37)15(45-25)10-44-48(40,41)47-49(42,43)46-18(36)8-2-1-5-9-28-17(35)7-4-3-6-16-19-14(11-50-16)32-26(39)33-19;1-4-7(5-2)6-3/h12-16,19,21-22,25,37-38H,1-11H2,(H,28,35)(H,40,41)(H,42,43)(H2,27,29,30)(H2,32,33,39);4-6H2,1-3H3/t14?,15?,16-,19?,21?,22?,25?;/m0./s1. The summed E-state index contributed by atoms with van der Waals surface area (Å²) in [5.74, 6) is -0.316. The van der Waals surface area contributed by atoms with Crippen LogP contribution in [0.2, 0.25) is 0 Å². The monoisotopic (exact) mass is 867 g/mol. The minimum atomic E-state index is -5.40. The summed E-state index contributed by atoms with van der Waals surface area (Å²) < 4.78 is 44.6. The largest absolute Gasteiger partial charge is 0.538 e. The molecule has 322 valence electrons. The Labute approximate surface area is 334 Å². The topological polar surface area (TPSA) is 312 Å². The second-order valence-corrected chi connectivity index (χ2v) is 17.8. The van der Waals surface area contributed by atoms with Crippen LogP contribution >= 0.6 is 27.4 Å². The normalized spacial score (nSPS) is 26.2. The summed E-state index contributed by atoms with van der Waals surface area (Å²) in [6.45, 7) is 9.62. The van der Waals surface area contributed by atoms with Gasteiger partial charge in [0.05, 0.1) is 25.0 Å². The van der Waals surface area contributed by atoms with Crippen molar-refractivity contribution in [2.45, 2.75) is 114 Å². The predicted octanol–water partition coefficient (Wildman–Crippen LogP) is 1.56. The number of rotatable bonds is 21. The highest BCUT2D eigenvalue weighted by Gasteiger charge is 2.47. The molecule has 8 unspecified atom stereocenters. The molecule has 0 aromatic carbocycles. The van der Waals surface area contributed by atoms with Crippen LogP contribution in [0.15, 0.2) is 12.7 Å². The van der Waals surface area contributed by atoms with Gasteiger partial charge in [-0.1, -0.05) is 33.6 Å². The highest BCUT2D eigenvalue weighted by Crippen LogP contribution is 2.60. The van der Waals surface area contributed by atoms with Gasteiger partial charge in [0.2, 0.25) is 5.91 Å². The lowest BCUT2D eigenvalue weighted by molar-refractivity contribution is -0.135. The van der Waals surface area contributed by atoms with Gasteiger partial charge in [0, 0.05) is 30.4 Å². The van der Waals surface area contributed by atoms with Gasteiger partial charge in [-0.2, -0.15) is 16.1 Å². The van der Waals surface area contributed by atoms with Crippen LogP contribution < -0.4 is 21.7 Å². The van der Waals surface area contributed by atoms with Gasteiger partial charge in [0.15, 0.2) is 17.7 Å². The summed E-state index contributed by atoms with van der Waals surface area (Å²) in [6.07, 6.45) is 0.311. The van der Waals surface area contributed by atoms with E-state index >= 15 is 0 Å². The number of phosphoric acid groups is 2. The smallest absolute Gasteiger partial charge is 0.387 e. The minimum absolute atomic E-state index is 0.0611. The van der Waals surface area contributed by atoms with Crippen LogP contribution in [0.4, 0.5) is 10.6 Å². The minimum Gasteiger partial charge on any atom is -0.387 e. The molecule has 22 nitrogen and oxygen atoms in total. The van der Waals surface area contributed by atoms with Crippen molar-refractivity contribution in [1.82, 2.24) is 40.4 Å². The number of amides is 3. The number of nitrogen functional groups attached to an aromatic ring is 1. The molecule has 2 aromatic heterocycles. The summed E-state index contributed by atoms with van der Waals surface area (Å²) in [4.78, 5) is 69.7. The van der Waals surface area contributed by atoms with Crippen LogP contribution in [0.3, 0.4) is 0 Å². The number of carbonyl (C=O) groups excluding carboxylic acids is 3. The fourth-order valence-corrected chi connectivity index (χ4v) is 10.1. The number of unbranched alkanes of at least 4 members (excludes halogenated alkanes) is 3. The lowest BCUT2D eigenvalue weighted by Gasteiger charge is -2.19. The van der Waals surface area contributed by atoms with Gasteiger partial charge in [-0.05, 0) is 45.3 Å². The van der Waals surface area contributed by atoms with E-state index in [4.69, 9.17) is 10.5 Å². The third-order valence-corrected chi connectivity index (χ3v) is 13.7. The zero-order chi connectivity index (χ0) is 41.8. The lowest BCUT2D eigenvalue weighted by Crippen LogP contribution is -2.36. The number of thioether (sulfide) groups is 1. The summed E-state index contributed by atoms with van der Waals surface area (Å²) >= 11 is 1.83. The van der Waals surface area contributed by atoms with Crippen molar-refractivity contribution in [3.8, 4) is 0 Å². The summed E-state index contributed by atoms with van der Waals surface area (Å²) in [5, 5.41) is 29.9. The molecule has 3 saturated heterocycles. The lowest BCUT2D eigenvalue weighted by atomic mass is 10.0. The second-order valence-electron chi connectivity index (χ2n) is 13.6. The molecule has 0 saturated carbocycles. The number of aliphatic hydroxyl groups is 2. The highest BCUT2D eigenvalue weighted by molar-refractivity contribution is 8.00. The van der Waals surface area contributed by atoms with Crippen LogP contribution in [0.1, 0.15) is 78.4 Å². The maximum Gasteiger partial charge on any atom is 0.538 e. The first kappa shape index (κ1) is 46.7. The van der Waals surface area contributed by atoms with E-state index in [-0.39, 0.29) is 53.8 Å². The third-order valence-electron chi connectivity index (χ3n) is 9.63. The maximum absolute atomic E-state index is 12.3. The van der Waals surface area contributed by atoms with Crippen molar-refractivity contribution in [2.75, 3.05) is 44.3 Å². The molecule has 9 atom stereocenters. The van der Waals surface area contributed by atoms with E-state index in [2.05, 4.69) is 69.9 Å². The van der Waals surface area contributed by atoms with Gasteiger partial charge < -0.3 is 51.0 Å². The summed E-state index contributed by atoms with van der Waals surface area (Å²) in [7, 11) is -10.8. The summed E-state index contributed by atoms with van der Waals surface area (Å²) in [6, 6.07) is 0.184. The van der Waals surface area contributed by atoms with Crippen molar-refractivity contribution in [3.63, 3.8) is 0 Å². The number of nitrogens with one attached hydrogen (secondary N) is 3. The molecule has 3 aliphatic heterocycles. The molecule has 5 heterocycles. The number of ether oxygens (including phenoxy) is 1. The van der Waals surface area contributed by atoms with E-state index in [1.807, 2.05) is 11.8 Å². The van der Waals surface area contributed by atoms with Gasteiger partial charge in [-0.15, -0.1) is 0 Å². The van der Waals surface area contributed by atoms with E-state index < -0.39 is 52.8 Å². The number of imidazole rings is 1. The first-order valence-electron chi connectivity index (χ1n) is 18.9. The molecule has 3 fully saturated rings. The number of nitrogens with zero attached hydrogens (tertiary/aromatic N) is 5. The van der Waals surface area contributed by atoms with Crippen molar-refractivity contribution >= 4 is 62.3 Å². The van der Waals surface area contributed by atoms with Crippen molar-refractivity contribution in [2.24, 2.45) is 0 Å². The Bertz CT molecular complexity index is 1740. The molecule has 57 heavy (non-hydrogen) atoms. The van der Waals surface area contributed by atoms with Gasteiger partial charge in [-0.3, -0.25) is 23.6 Å². The first-order valence-corrected chi connectivity index (χ1v) is 23.0. The van der Waals surface area contributed by atoms with Gasteiger partial charge in [0.1, 0.15) is 30.2 Å². The number of hydrogen-bond donors (Lipinski definition) is 8. The quantitative estimate of drug-likeness (QED) is 0.0501. The predicted molar refractivity (Wildman–Crippen MR) is 207 cm³/mol. The zero-order valence-electron chi connectivity index (χ0n) is 32.2. The Balaban J connectivity index is 0.000000940. The van der Waals surface area contributed by atoms with Crippen LogP contribution in [0.5, 0.6) is 0 Å². The number of aliphatic hydroxyl groups excluding tert-OH is 2. The Morgan fingerprint density at radius 2 is 1.74 bits per heavy atom. The third kappa shape index (κ3) is 13.8. The number of urea groups is 1. The average molecular weight is 868 g/mol. The SMILES string of the molecule is CCN(CC)CC.Nc1ncnc2c1ncn2C1OC(COP(=O)(O)OP(=O)(O)OC(=O)CCCCCNC(=O)CCCC[C@@H]2SCC3NC(=O)NC32)C(O)C1O. The van der Waals surface area contributed by atoms with Gasteiger partial charge >= 0.3 is 27.6 Å². The van der Waals surface area contributed by atoms with Crippen molar-refractivity contribution < 1.29 is 61.6 Å². The number of fused-ring (bicyclic) bond motifs is 2. The first-order chi connectivity index (χ1) is 27.1. The number of carbonyl (C=O) groups is 3. The molecule has 2 aromatic rings.